The summed E-state index contributed by atoms with van der Waals surface area (Å²) in [5.41, 5.74) is 13.1. The summed E-state index contributed by atoms with van der Waals surface area (Å²) in [6.45, 7) is 0. The summed E-state index contributed by atoms with van der Waals surface area (Å²) in [6, 6.07) is 41.8. The Morgan fingerprint density at radius 3 is 1.35 bits per heavy atom. The summed E-state index contributed by atoms with van der Waals surface area (Å²) >= 11 is 0. The van der Waals surface area contributed by atoms with E-state index in [-0.39, 0.29) is 0 Å². The maximum Gasteiger partial charge on any atom is 0.229 e. The van der Waals surface area contributed by atoms with E-state index < -0.39 is 0 Å². The lowest BCUT2D eigenvalue weighted by atomic mass is 10.0. The third-order valence-corrected chi connectivity index (χ3v) is 9.75. The van der Waals surface area contributed by atoms with E-state index in [9.17, 15) is 0 Å². The molecule has 11 aromatic rings. The van der Waals surface area contributed by atoms with Gasteiger partial charge in [0.05, 0.1) is 45.2 Å². The minimum Gasteiger partial charge on any atom is -0.419 e. The van der Waals surface area contributed by atoms with Gasteiger partial charge in [-0.2, -0.15) is 10.2 Å². The average molecular weight is 657 g/mol. The molecule has 0 radical (unpaired) electrons. The molecule has 7 aromatic heterocycles. The van der Waals surface area contributed by atoms with E-state index in [2.05, 4.69) is 102 Å². The maximum absolute atomic E-state index is 6.15. The minimum absolute atomic E-state index is 0.548. The molecule has 51 heavy (non-hydrogen) atoms. The van der Waals surface area contributed by atoms with Gasteiger partial charge in [0.25, 0.3) is 0 Å². The molecule has 4 aromatic carbocycles. The molecule has 0 aliphatic heterocycles. The average Bonchev–Trinajstić information content (AvgIpc) is 3.85. The van der Waals surface area contributed by atoms with Crippen molar-refractivity contribution in [3.63, 3.8) is 0 Å². The summed E-state index contributed by atoms with van der Waals surface area (Å²) in [6.07, 6.45) is 7.20. The van der Waals surface area contributed by atoms with Crippen molar-refractivity contribution in [2.24, 2.45) is 0 Å². The quantitative estimate of drug-likeness (QED) is 0.186. The lowest BCUT2D eigenvalue weighted by molar-refractivity contribution is 0.640. The van der Waals surface area contributed by atoms with Crippen molar-refractivity contribution in [3.8, 4) is 33.6 Å². The van der Waals surface area contributed by atoms with Gasteiger partial charge in [-0.1, -0.05) is 48.5 Å². The molecule has 9 nitrogen and oxygen atoms in total. The van der Waals surface area contributed by atoms with Crippen LogP contribution in [0.4, 0.5) is 0 Å². The number of furan rings is 1. The lowest BCUT2D eigenvalue weighted by Crippen LogP contribution is -1.94. The molecular formula is C42H24N8O. The van der Waals surface area contributed by atoms with Crippen LogP contribution in [0.2, 0.25) is 0 Å². The van der Waals surface area contributed by atoms with Gasteiger partial charge in [0.15, 0.2) is 0 Å². The molecule has 11 rings (SSSR count). The Labute approximate surface area is 289 Å². The summed E-state index contributed by atoms with van der Waals surface area (Å²) in [4.78, 5) is 9.52. The smallest absolute Gasteiger partial charge is 0.229 e. The highest BCUT2D eigenvalue weighted by atomic mass is 16.3. The summed E-state index contributed by atoms with van der Waals surface area (Å²) in [7, 11) is 0. The fourth-order valence-corrected chi connectivity index (χ4v) is 7.42. The van der Waals surface area contributed by atoms with Gasteiger partial charge < -0.3 is 13.6 Å². The number of hydrogen-bond donors (Lipinski definition) is 0. The Hall–Kier alpha value is -7.26. The second-order valence-electron chi connectivity index (χ2n) is 12.6. The van der Waals surface area contributed by atoms with Crippen molar-refractivity contribution in [2.75, 3.05) is 0 Å². The van der Waals surface area contributed by atoms with E-state index >= 15 is 0 Å². The Kier molecular flexibility index (Phi) is 5.76. The monoisotopic (exact) mass is 656 g/mol. The number of nitrogens with zero attached hydrogens (tertiary/aromatic N) is 8. The predicted octanol–water partition coefficient (Wildman–Crippen LogP) is 9.48. The fraction of sp³-hybridized carbons (Fsp3) is 0. The maximum atomic E-state index is 6.15. The fourth-order valence-electron chi connectivity index (χ4n) is 7.42. The second-order valence-corrected chi connectivity index (χ2v) is 12.6. The van der Waals surface area contributed by atoms with Crippen LogP contribution in [0.25, 0.3) is 99.7 Å². The van der Waals surface area contributed by atoms with Gasteiger partial charge in [-0.3, -0.25) is 0 Å². The minimum atomic E-state index is 0.548. The van der Waals surface area contributed by atoms with Gasteiger partial charge in [-0.15, -0.1) is 10.2 Å². The molecule has 0 aliphatic rings. The van der Waals surface area contributed by atoms with E-state index in [0.717, 1.165) is 88.3 Å². The molecule has 7 heterocycles. The van der Waals surface area contributed by atoms with Gasteiger partial charge >= 0.3 is 0 Å². The van der Waals surface area contributed by atoms with Crippen LogP contribution in [0, 0.1) is 0 Å². The van der Waals surface area contributed by atoms with Gasteiger partial charge in [-0.05, 0) is 83.9 Å². The third kappa shape index (κ3) is 4.15. The van der Waals surface area contributed by atoms with E-state index in [1.807, 2.05) is 60.9 Å². The van der Waals surface area contributed by atoms with Crippen LogP contribution >= 0.6 is 0 Å². The Morgan fingerprint density at radius 1 is 0.412 bits per heavy atom. The predicted molar refractivity (Wildman–Crippen MR) is 200 cm³/mol. The number of fused-ring (bicyclic) bond motifs is 9. The molecule has 0 spiro atoms. The highest BCUT2D eigenvalue weighted by Crippen LogP contribution is 2.38. The molecule has 9 heteroatoms. The number of pyridine rings is 2. The molecule has 0 saturated heterocycles. The van der Waals surface area contributed by atoms with E-state index in [4.69, 9.17) is 14.4 Å². The van der Waals surface area contributed by atoms with Crippen LogP contribution in [0.15, 0.2) is 151 Å². The highest BCUT2D eigenvalue weighted by molar-refractivity contribution is 6.10. The van der Waals surface area contributed by atoms with Crippen molar-refractivity contribution < 1.29 is 4.42 Å². The van der Waals surface area contributed by atoms with Gasteiger partial charge in [0.2, 0.25) is 11.4 Å². The van der Waals surface area contributed by atoms with Crippen LogP contribution in [0.5, 0.6) is 0 Å². The van der Waals surface area contributed by atoms with Crippen molar-refractivity contribution in [1.29, 1.82) is 0 Å². The van der Waals surface area contributed by atoms with E-state index in [1.165, 1.54) is 0 Å². The molecule has 0 bridgehead atoms. The summed E-state index contributed by atoms with van der Waals surface area (Å²) < 4.78 is 10.6. The van der Waals surface area contributed by atoms with E-state index in [1.54, 1.807) is 12.4 Å². The first-order chi connectivity index (χ1) is 25.3. The van der Waals surface area contributed by atoms with Gasteiger partial charge in [0.1, 0.15) is 11.0 Å². The number of aromatic nitrogens is 8. The number of para-hydroxylation sites is 2. The standard InChI is InChI=1S/C42H24N8O/c1-3-7-29(8-4-1)49-35-15-17-45-47-39(35)31-13-11-25(21-37(31)49)27-19-33-34-20-28(24-44-42(34)51-41(33)43-23-27)26-12-14-32-38(22-26)50(30-9-5-2-6-10-30)36-16-18-46-48-40(32)36/h1-24H. The van der Waals surface area contributed by atoms with Gasteiger partial charge in [0, 0.05) is 45.7 Å². The molecule has 238 valence electrons. The summed E-state index contributed by atoms with van der Waals surface area (Å²) in [5.74, 6) is 0. The summed E-state index contributed by atoms with van der Waals surface area (Å²) in [5, 5.41) is 21.2. The third-order valence-electron chi connectivity index (χ3n) is 9.75. The van der Waals surface area contributed by atoms with Crippen molar-refractivity contribution in [1.82, 2.24) is 39.5 Å². The molecular weight excluding hydrogens is 633 g/mol. The highest BCUT2D eigenvalue weighted by Gasteiger charge is 2.18. The van der Waals surface area contributed by atoms with Crippen LogP contribution in [-0.2, 0) is 0 Å². The van der Waals surface area contributed by atoms with Crippen LogP contribution in [0.3, 0.4) is 0 Å². The van der Waals surface area contributed by atoms with Crippen LogP contribution < -0.4 is 0 Å². The van der Waals surface area contributed by atoms with Crippen molar-refractivity contribution >= 4 is 66.1 Å². The van der Waals surface area contributed by atoms with E-state index in [0.29, 0.717) is 11.4 Å². The SMILES string of the molecule is c1ccc(-n2c3cc(-c4cnc5oc6ncc(-c7ccc8c9nnccc9n(-c9ccccc9)c8c7)cc6c5c4)ccc3c3nnccc32)cc1. The van der Waals surface area contributed by atoms with Crippen LogP contribution in [0.1, 0.15) is 0 Å². The number of benzene rings is 4. The zero-order valence-electron chi connectivity index (χ0n) is 26.8. The molecule has 0 N–H and O–H groups in total. The largest absolute Gasteiger partial charge is 0.419 e. The topological polar surface area (TPSA) is 100 Å². The first-order valence-corrected chi connectivity index (χ1v) is 16.6. The van der Waals surface area contributed by atoms with Crippen LogP contribution in [-0.4, -0.2) is 39.5 Å². The van der Waals surface area contributed by atoms with Crippen molar-refractivity contribution in [2.45, 2.75) is 0 Å². The zero-order valence-corrected chi connectivity index (χ0v) is 26.8. The molecule has 0 atom stereocenters. The second kappa shape index (κ2) is 10.6. The molecule has 0 aliphatic carbocycles. The molecule has 0 fully saturated rings. The first-order valence-electron chi connectivity index (χ1n) is 16.6. The first kappa shape index (κ1) is 27.7. The Bertz CT molecular complexity index is 2930. The number of hydrogen-bond acceptors (Lipinski definition) is 7. The molecule has 0 saturated carbocycles. The number of rotatable bonds is 4. The lowest BCUT2D eigenvalue weighted by Gasteiger charge is -2.09. The molecule has 0 amide bonds. The zero-order chi connectivity index (χ0) is 33.5. The normalized spacial score (nSPS) is 11.9. The Morgan fingerprint density at radius 2 is 0.882 bits per heavy atom. The van der Waals surface area contributed by atoms with Crippen molar-refractivity contribution in [3.05, 3.63) is 146 Å². The van der Waals surface area contributed by atoms with Gasteiger partial charge in [-0.25, -0.2) is 9.97 Å². The molecule has 0 unspecified atom stereocenters. The Balaban J connectivity index is 1.07.